The van der Waals surface area contributed by atoms with E-state index >= 15 is 0 Å². The average molecular weight is 399 g/mol. The van der Waals surface area contributed by atoms with Gasteiger partial charge in [-0.25, -0.2) is 20.1 Å². The smallest absolute Gasteiger partial charge is 0.415 e. The van der Waals surface area contributed by atoms with Gasteiger partial charge in [0.25, 0.3) is 0 Å². The zero-order valence-electron chi connectivity index (χ0n) is 15.8. The normalized spacial score (nSPS) is 17.1. The van der Waals surface area contributed by atoms with Crippen LogP contribution in [0.1, 0.15) is 12.6 Å². The number of nitrogens with zero attached hydrogens (tertiary/aromatic N) is 4. The first-order valence-corrected chi connectivity index (χ1v) is 8.92. The van der Waals surface area contributed by atoms with Crippen molar-refractivity contribution in [1.82, 2.24) is 10.1 Å². The van der Waals surface area contributed by atoms with Crippen LogP contribution in [0.4, 0.5) is 14.9 Å². The predicted octanol–water partition coefficient (Wildman–Crippen LogP) is 1.50. The third kappa shape index (κ3) is 4.43. The van der Waals surface area contributed by atoms with Crippen LogP contribution in [-0.2, 0) is 4.74 Å². The number of carbonyl (C=O) groups is 1. The van der Waals surface area contributed by atoms with Crippen molar-refractivity contribution in [3.63, 3.8) is 0 Å². The second-order valence-corrected chi connectivity index (χ2v) is 6.25. The number of amides is 1. The van der Waals surface area contributed by atoms with Crippen molar-refractivity contribution in [3.8, 4) is 11.1 Å². The highest BCUT2D eigenvalue weighted by atomic mass is 19.1. The fourth-order valence-electron chi connectivity index (χ4n) is 2.79. The summed E-state index contributed by atoms with van der Waals surface area (Å²) in [6.07, 6.45) is 3.36. The molecule has 1 fully saturated rings. The first-order valence-electron chi connectivity index (χ1n) is 8.92. The third-order valence-electron chi connectivity index (χ3n) is 4.32. The standard InChI is InChI=1S/C19H22FN7O2/c1-2-27(23)25-18(22)17-6-3-12(10-24-17)15-5-4-13(9-16(15)20)26-11-14(7-8-21)29-19(26)28/h3-10,14H,2,11,21,23H2,1H3,(H2,22,25). The minimum Gasteiger partial charge on any atom is -0.440 e. The molecule has 9 nitrogen and oxygen atoms in total. The van der Waals surface area contributed by atoms with E-state index in [4.69, 9.17) is 22.0 Å². The van der Waals surface area contributed by atoms with Crippen molar-refractivity contribution in [2.24, 2.45) is 22.4 Å². The van der Waals surface area contributed by atoms with Gasteiger partial charge in [-0.2, -0.15) is 0 Å². The first-order chi connectivity index (χ1) is 13.9. The van der Waals surface area contributed by atoms with Crippen molar-refractivity contribution in [1.29, 1.82) is 0 Å². The number of carbonyl (C=O) groups excluding carboxylic acids is 1. The highest BCUT2D eigenvalue weighted by molar-refractivity contribution is 5.95. The van der Waals surface area contributed by atoms with E-state index < -0.39 is 18.0 Å². The summed E-state index contributed by atoms with van der Waals surface area (Å²) < 4.78 is 19.9. The Balaban J connectivity index is 1.80. The molecular weight excluding hydrogens is 377 g/mol. The molecule has 10 heteroatoms. The summed E-state index contributed by atoms with van der Waals surface area (Å²) >= 11 is 0. The molecule has 1 aliphatic rings. The van der Waals surface area contributed by atoms with Gasteiger partial charge >= 0.3 is 6.09 Å². The maximum atomic E-state index is 14.7. The second kappa shape index (κ2) is 8.57. The van der Waals surface area contributed by atoms with Gasteiger partial charge in [-0.3, -0.25) is 9.88 Å². The molecule has 1 saturated heterocycles. The van der Waals surface area contributed by atoms with Crippen LogP contribution in [0.25, 0.3) is 11.1 Å². The van der Waals surface area contributed by atoms with Gasteiger partial charge in [-0.1, -0.05) is 6.07 Å². The van der Waals surface area contributed by atoms with E-state index in [0.717, 1.165) is 0 Å². The topological polar surface area (TPSA) is 136 Å². The number of aromatic nitrogens is 1. The molecule has 0 aliphatic carbocycles. The van der Waals surface area contributed by atoms with Crippen LogP contribution < -0.4 is 22.2 Å². The summed E-state index contributed by atoms with van der Waals surface area (Å²) in [5.74, 6) is 5.26. The maximum Gasteiger partial charge on any atom is 0.415 e. The molecule has 152 valence electrons. The molecule has 2 aromatic rings. The summed E-state index contributed by atoms with van der Waals surface area (Å²) in [6.45, 7) is 2.58. The average Bonchev–Trinajstić information content (AvgIpc) is 3.08. The van der Waals surface area contributed by atoms with E-state index in [9.17, 15) is 9.18 Å². The zero-order valence-corrected chi connectivity index (χ0v) is 15.8. The molecule has 3 rings (SSSR count). The number of amidine groups is 1. The zero-order chi connectivity index (χ0) is 21.0. The molecule has 1 aromatic carbocycles. The summed E-state index contributed by atoms with van der Waals surface area (Å²) in [4.78, 5) is 17.6. The summed E-state index contributed by atoms with van der Waals surface area (Å²) in [5.41, 5.74) is 12.9. The van der Waals surface area contributed by atoms with Crippen molar-refractivity contribution in [2.45, 2.75) is 13.0 Å². The number of pyridine rings is 1. The number of nitrogens with two attached hydrogens (primary N) is 3. The maximum absolute atomic E-state index is 14.7. The number of hydrazone groups is 1. The van der Waals surface area contributed by atoms with Crippen molar-refractivity contribution in [2.75, 3.05) is 18.0 Å². The Morgan fingerprint density at radius 1 is 1.45 bits per heavy atom. The van der Waals surface area contributed by atoms with Crippen molar-refractivity contribution < 1.29 is 13.9 Å². The molecule has 0 radical (unpaired) electrons. The van der Waals surface area contributed by atoms with E-state index in [-0.39, 0.29) is 12.4 Å². The van der Waals surface area contributed by atoms with Gasteiger partial charge in [0.15, 0.2) is 5.84 Å². The van der Waals surface area contributed by atoms with Crippen LogP contribution in [0.2, 0.25) is 0 Å². The molecule has 1 aliphatic heterocycles. The molecule has 1 unspecified atom stereocenters. The molecule has 0 saturated carbocycles. The largest absolute Gasteiger partial charge is 0.440 e. The molecule has 29 heavy (non-hydrogen) atoms. The van der Waals surface area contributed by atoms with Gasteiger partial charge in [0.2, 0.25) is 0 Å². The SMILES string of the molecule is CCN(N)/N=C(\N)c1ccc(-c2ccc(N3CC(C=CN)OC3=O)cc2F)cn1. The summed E-state index contributed by atoms with van der Waals surface area (Å²) in [6, 6.07) is 7.82. The van der Waals surface area contributed by atoms with Crippen LogP contribution >= 0.6 is 0 Å². The van der Waals surface area contributed by atoms with Crippen LogP contribution in [0.3, 0.4) is 0 Å². The van der Waals surface area contributed by atoms with Crippen molar-refractivity contribution in [3.05, 3.63) is 60.3 Å². The second-order valence-electron chi connectivity index (χ2n) is 6.25. The molecule has 1 atom stereocenters. The lowest BCUT2D eigenvalue weighted by molar-refractivity contribution is 0.160. The van der Waals surface area contributed by atoms with Crippen LogP contribution in [0.5, 0.6) is 0 Å². The molecular formula is C19H22FN7O2. The van der Waals surface area contributed by atoms with Crippen LogP contribution in [0, 0.1) is 5.82 Å². The first kappa shape index (κ1) is 20.1. The quantitative estimate of drug-likeness (QED) is 0.290. The van der Waals surface area contributed by atoms with E-state index in [1.54, 1.807) is 30.3 Å². The number of hydrazine groups is 1. The monoisotopic (exact) mass is 399 g/mol. The van der Waals surface area contributed by atoms with E-state index in [1.807, 2.05) is 6.92 Å². The minimum atomic E-state index is -0.554. The number of benzene rings is 1. The lowest BCUT2D eigenvalue weighted by atomic mass is 10.1. The summed E-state index contributed by atoms with van der Waals surface area (Å²) in [7, 11) is 0. The Morgan fingerprint density at radius 3 is 2.86 bits per heavy atom. The van der Waals surface area contributed by atoms with E-state index in [2.05, 4.69) is 10.1 Å². The lowest BCUT2D eigenvalue weighted by Gasteiger charge is -2.14. The van der Waals surface area contributed by atoms with Crippen LogP contribution in [-0.4, -0.2) is 41.2 Å². The molecule has 1 aromatic heterocycles. The van der Waals surface area contributed by atoms with Crippen LogP contribution in [0.15, 0.2) is 53.9 Å². The van der Waals surface area contributed by atoms with E-state index in [1.165, 1.54) is 28.5 Å². The fourth-order valence-corrected chi connectivity index (χ4v) is 2.79. The Kier molecular flexibility index (Phi) is 5.93. The lowest BCUT2D eigenvalue weighted by Crippen LogP contribution is -2.29. The minimum absolute atomic E-state index is 0.158. The highest BCUT2D eigenvalue weighted by Gasteiger charge is 2.31. The van der Waals surface area contributed by atoms with Gasteiger partial charge < -0.3 is 16.2 Å². The fraction of sp³-hybridized carbons (Fsp3) is 0.211. The Morgan fingerprint density at radius 2 is 2.24 bits per heavy atom. The highest BCUT2D eigenvalue weighted by Crippen LogP contribution is 2.29. The number of rotatable bonds is 6. The molecule has 0 bridgehead atoms. The third-order valence-corrected chi connectivity index (χ3v) is 4.32. The number of hydrogen-bond donors (Lipinski definition) is 3. The Bertz CT molecular complexity index is 946. The van der Waals surface area contributed by atoms with Gasteiger partial charge in [-0.05, 0) is 43.5 Å². The predicted molar refractivity (Wildman–Crippen MR) is 108 cm³/mol. The molecule has 6 N–H and O–H groups in total. The molecule has 2 heterocycles. The van der Waals surface area contributed by atoms with Gasteiger partial charge in [0.1, 0.15) is 17.6 Å². The van der Waals surface area contributed by atoms with Gasteiger partial charge in [0.05, 0.1) is 18.8 Å². The Labute approximate surface area is 167 Å². The number of cyclic esters (lactones) is 1. The number of hydrogen-bond acceptors (Lipinski definition) is 7. The number of ether oxygens (including phenoxy) is 1. The number of halogens is 1. The Hall–Kier alpha value is -3.66. The van der Waals surface area contributed by atoms with Gasteiger partial charge in [-0.15, -0.1) is 5.10 Å². The number of anilines is 1. The summed E-state index contributed by atoms with van der Waals surface area (Å²) in [5, 5.41) is 5.17. The van der Waals surface area contributed by atoms with E-state index in [0.29, 0.717) is 29.1 Å². The van der Waals surface area contributed by atoms with Crippen molar-refractivity contribution >= 4 is 17.6 Å². The molecule has 0 spiro atoms. The van der Waals surface area contributed by atoms with Gasteiger partial charge in [0, 0.05) is 17.3 Å². The molecule has 1 amide bonds.